The van der Waals surface area contributed by atoms with Gasteiger partial charge in [0.15, 0.2) is 5.75 Å². The van der Waals surface area contributed by atoms with Crippen LogP contribution in [0.15, 0.2) is 36.9 Å². The molecule has 0 heterocycles. The zero-order valence-electron chi connectivity index (χ0n) is 11.9. The molecule has 0 fully saturated rings. The van der Waals surface area contributed by atoms with E-state index in [1.807, 2.05) is 0 Å². The van der Waals surface area contributed by atoms with Gasteiger partial charge in [-0.25, -0.2) is 9.59 Å². The van der Waals surface area contributed by atoms with Crippen LogP contribution in [0.4, 0.5) is 10.5 Å². The molecule has 0 saturated heterocycles. The topological polar surface area (TPSA) is 113 Å². The molecule has 8 nitrogen and oxygen atoms in total. The number of nitrogens with zero attached hydrogens (tertiary/aromatic N) is 1. The smallest absolute Gasteiger partial charge is 0.335 e. The van der Waals surface area contributed by atoms with Gasteiger partial charge in [0.05, 0.1) is 11.4 Å². The van der Waals surface area contributed by atoms with E-state index in [0.717, 1.165) is 11.0 Å². The van der Waals surface area contributed by atoms with Crippen LogP contribution >= 0.6 is 0 Å². The third kappa shape index (κ3) is 5.54. The Balaban J connectivity index is 2.79. The predicted molar refractivity (Wildman–Crippen MR) is 80.5 cm³/mol. The van der Waals surface area contributed by atoms with Crippen LogP contribution in [0.25, 0.3) is 0 Å². The van der Waals surface area contributed by atoms with Crippen molar-refractivity contribution in [3.05, 3.63) is 36.9 Å². The maximum absolute atomic E-state index is 11.9. The van der Waals surface area contributed by atoms with Gasteiger partial charge in [0, 0.05) is 19.7 Å². The summed E-state index contributed by atoms with van der Waals surface area (Å²) < 4.78 is 34.8. The monoisotopic (exact) mass is 328 g/mol. The zero-order chi connectivity index (χ0) is 16.8. The van der Waals surface area contributed by atoms with Crippen LogP contribution in [0.5, 0.6) is 5.75 Å². The average molecular weight is 328 g/mol. The Bertz CT molecular complexity index is 671. The predicted octanol–water partition coefficient (Wildman–Crippen LogP) is 0.812. The van der Waals surface area contributed by atoms with Gasteiger partial charge in [-0.05, 0) is 12.1 Å². The molecule has 0 aliphatic rings. The third-order valence-electron chi connectivity index (χ3n) is 2.54. The minimum Gasteiger partial charge on any atom is -0.421 e. The van der Waals surface area contributed by atoms with E-state index in [1.54, 1.807) is 18.2 Å². The lowest BCUT2D eigenvalue weighted by molar-refractivity contribution is -0.128. The summed E-state index contributed by atoms with van der Waals surface area (Å²) in [6.45, 7) is 3.03. The summed E-state index contributed by atoms with van der Waals surface area (Å²) in [5, 5.41) is 2.32. The molecule has 0 aliphatic carbocycles. The molecule has 0 bridgehead atoms. The second-order valence-corrected chi connectivity index (χ2v) is 5.74. The van der Waals surface area contributed by atoms with Gasteiger partial charge in [0.2, 0.25) is 0 Å². The second-order valence-electron chi connectivity index (χ2n) is 4.17. The molecule has 0 aliphatic heterocycles. The van der Waals surface area contributed by atoms with Gasteiger partial charge in [-0.1, -0.05) is 18.7 Å². The lowest BCUT2D eigenvalue weighted by atomic mass is 10.2. The molecule has 0 spiro atoms. The highest BCUT2D eigenvalue weighted by molar-refractivity contribution is 7.85. The Labute approximate surface area is 128 Å². The Morgan fingerprint density at radius 1 is 1.41 bits per heavy atom. The summed E-state index contributed by atoms with van der Waals surface area (Å²) >= 11 is 0. The van der Waals surface area contributed by atoms with E-state index in [0.29, 0.717) is 5.69 Å². The van der Waals surface area contributed by atoms with Crippen LogP contribution in [-0.4, -0.2) is 44.3 Å². The van der Waals surface area contributed by atoms with E-state index < -0.39 is 27.9 Å². The van der Waals surface area contributed by atoms with Gasteiger partial charge in [-0.15, -0.1) is 0 Å². The van der Waals surface area contributed by atoms with Crippen LogP contribution < -0.4 is 15.0 Å². The van der Waals surface area contributed by atoms with E-state index in [-0.39, 0.29) is 12.3 Å². The zero-order valence-corrected chi connectivity index (χ0v) is 12.7. The van der Waals surface area contributed by atoms with E-state index in [2.05, 4.69) is 11.9 Å². The molecule has 120 valence electrons. The molecule has 9 heteroatoms. The van der Waals surface area contributed by atoms with E-state index >= 15 is 0 Å². The number of urea groups is 1. The van der Waals surface area contributed by atoms with Crippen molar-refractivity contribution in [3.63, 3.8) is 0 Å². The number of amides is 2. The third-order valence-corrected chi connectivity index (χ3v) is 3.26. The number of para-hydroxylation sites is 2. The molecule has 0 radical (unpaired) electrons. The number of nitrogens with one attached hydrogen (secondary N) is 1. The molecule has 1 rings (SSSR count). The van der Waals surface area contributed by atoms with Crippen LogP contribution in [0, 0.1) is 0 Å². The number of carbonyl (C=O) groups excluding carboxylic acids is 2. The van der Waals surface area contributed by atoms with Gasteiger partial charge < -0.3 is 10.1 Å². The molecular weight excluding hydrogens is 312 g/mol. The highest BCUT2D eigenvalue weighted by atomic mass is 32.2. The van der Waals surface area contributed by atoms with E-state index in [1.165, 1.54) is 13.1 Å². The van der Waals surface area contributed by atoms with Crippen molar-refractivity contribution in [1.82, 2.24) is 5.32 Å². The minimum atomic E-state index is -4.15. The fourth-order valence-corrected chi connectivity index (χ4v) is 1.85. The average Bonchev–Trinajstić information content (AvgIpc) is 2.45. The molecule has 0 atom stereocenters. The Morgan fingerprint density at radius 3 is 2.64 bits per heavy atom. The fraction of sp³-hybridized carbons (Fsp3) is 0.231. The highest BCUT2D eigenvalue weighted by Gasteiger charge is 2.16. The number of anilines is 1. The maximum Gasteiger partial charge on any atom is 0.335 e. The minimum absolute atomic E-state index is 0.153. The van der Waals surface area contributed by atoms with Crippen molar-refractivity contribution >= 4 is 27.8 Å². The maximum atomic E-state index is 11.9. The summed E-state index contributed by atoms with van der Waals surface area (Å²) in [4.78, 5) is 24.3. The number of esters is 1. The quantitative estimate of drug-likeness (QED) is 0.346. The number of carbonyl (C=O) groups is 2. The Hall–Kier alpha value is -2.39. The van der Waals surface area contributed by atoms with Gasteiger partial charge in [0.25, 0.3) is 10.1 Å². The van der Waals surface area contributed by atoms with Crippen molar-refractivity contribution < 1.29 is 27.3 Å². The number of hydrogen-bond donors (Lipinski definition) is 2. The summed E-state index contributed by atoms with van der Waals surface area (Å²) in [5.41, 5.74) is 0.307. The first-order chi connectivity index (χ1) is 10.2. The summed E-state index contributed by atoms with van der Waals surface area (Å²) in [5.74, 6) is -1.12. The molecule has 2 N–H and O–H groups in total. The molecule has 1 aromatic carbocycles. The molecular formula is C13H16N2O6S. The van der Waals surface area contributed by atoms with Crippen LogP contribution in [-0.2, 0) is 14.9 Å². The van der Waals surface area contributed by atoms with Gasteiger partial charge in [-0.3, -0.25) is 9.45 Å². The summed E-state index contributed by atoms with van der Waals surface area (Å²) in [7, 11) is -2.73. The molecule has 0 unspecified atom stereocenters. The Kier molecular flexibility index (Phi) is 6.08. The molecule has 1 aromatic rings. The first-order valence-electron chi connectivity index (χ1n) is 6.14. The fourth-order valence-electron chi connectivity index (χ4n) is 1.49. The normalized spacial score (nSPS) is 10.6. The molecule has 2 amide bonds. The highest BCUT2D eigenvalue weighted by Crippen LogP contribution is 2.27. The van der Waals surface area contributed by atoms with Gasteiger partial charge in [-0.2, -0.15) is 8.42 Å². The van der Waals surface area contributed by atoms with Crippen LogP contribution in [0.1, 0.15) is 0 Å². The van der Waals surface area contributed by atoms with E-state index in [4.69, 9.17) is 9.29 Å². The molecule has 22 heavy (non-hydrogen) atoms. The SMILES string of the molecule is C=CC(=O)Oc1ccccc1N(C)C(=O)NCCS(=O)(=O)O. The van der Waals surface area contributed by atoms with Crippen molar-refractivity contribution in [2.24, 2.45) is 0 Å². The molecule has 0 aromatic heterocycles. The van der Waals surface area contributed by atoms with Crippen LogP contribution in [0.2, 0.25) is 0 Å². The number of benzene rings is 1. The van der Waals surface area contributed by atoms with Crippen molar-refractivity contribution in [1.29, 1.82) is 0 Å². The number of rotatable bonds is 6. The van der Waals surface area contributed by atoms with Crippen molar-refractivity contribution in [2.75, 3.05) is 24.2 Å². The second kappa shape index (κ2) is 7.57. The first kappa shape index (κ1) is 17.7. The summed E-state index contributed by atoms with van der Waals surface area (Å²) in [6, 6.07) is 5.69. The van der Waals surface area contributed by atoms with Gasteiger partial charge in [0.1, 0.15) is 0 Å². The molecule has 0 saturated carbocycles. The largest absolute Gasteiger partial charge is 0.421 e. The standard InChI is InChI=1S/C13H16N2O6S/c1-3-12(16)21-11-7-5-4-6-10(11)15(2)13(17)14-8-9-22(18,19)20/h3-7H,1,8-9H2,2H3,(H,14,17)(H,18,19,20). The Morgan fingerprint density at radius 2 is 2.05 bits per heavy atom. The van der Waals surface area contributed by atoms with Crippen LogP contribution in [0.3, 0.4) is 0 Å². The lowest BCUT2D eigenvalue weighted by Gasteiger charge is -2.20. The number of ether oxygens (including phenoxy) is 1. The summed E-state index contributed by atoms with van der Waals surface area (Å²) in [6.07, 6.45) is 0.989. The van der Waals surface area contributed by atoms with E-state index in [9.17, 15) is 18.0 Å². The number of hydrogen-bond acceptors (Lipinski definition) is 5. The van der Waals surface area contributed by atoms with Crippen molar-refractivity contribution in [3.8, 4) is 5.75 Å². The van der Waals surface area contributed by atoms with Crippen molar-refractivity contribution in [2.45, 2.75) is 0 Å². The lowest BCUT2D eigenvalue weighted by Crippen LogP contribution is -2.39. The van der Waals surface area contributed by atoms with Gasteiger partial charge >= 0.3 is 12.0 Å². The first-order valence-corrected chi connectivity index (χ1v) is 7.75.